The average Bonchev–Trinajstić information content (AvgIpc) is 3.58. The maximum Gasteiger partial charge on any atom is 0.433 e. The van der Waals surface area contributed by atoms with Crippen LogP contribution in [0.15, 0.2) is 29.3 Å². The Hall–Kier alpha value is -3.01. The highest BCUT2D eigenvalue weighted by Crippen LogP contribution is 2.43. The third-order valence-corrected chi connectivity index (χ3v) is 7.06. The van der Waals surface area contributed by atoms with Gasteiger partial charge < -0.3 is 10.2 Å². The summed E-state index contributed by atoms with van der Waals surface area (Å²) in [6.45, 7) is 2.14. The fourth-order valence-corrected chi connectivity index (χ4v) is 5.16. The first-order chi connectivity index (χ1) is 16.5. The molecule has 1 amide bonds. The number of nitrogens with one attached hydrogen (secondary N) is 1. The molecule has 6 nitrogen and oxygen atoms in total. The maximum absolute atomic E-state index is 14.3. The molecule has 1 aromatic carbocycles. The Kier molecular flexibility index (Phi) is 5.62. The van der Waals surface area contributed by atoms with Crippen molar-refractivity contribution in [2.45, 2.75) is 56.3 Å². The van der Waals surface area contributed by atoms with E-state index in [0.29, 0.717) is 29.8 Å². The lowest BCUT2D eigenvalue weighted by atomic mass is 9.83. The molecule has 1 N–H and O–H groups in total. The Balaban J connectivity index is 1.46. The van der Waals surface area contributed by atoms with E-state index in [0.717, 1.165) is 25.0 Å². The number of piperidine rings is 1. The Bertz CT molecular complexity index is 1260. The Morgan fingerprint density at radius 3 is 2.63 bits per heavy atom. The van der Waals surface area contributed by atoms with Crippen LogP contribution in [0.4, 0.5) is 23.2 Å². The van der Waals surface area contributed by atoms with E-state index in [-0.39, 0.29) is 47.1 Å². The topological polar surface area (TPSA) is 74.7 Å². The number of carbonyl (C=O) groups excluding carboxylic acids is 2. The molecule has 11 heteroatoms. The van der Waals surface area contributed by atoms with Crippen molar-refractivity contribution in [1.82, 2.24) is 10.3 Å². The van der Waals surface area contributed by atoms with Gasteiger partial charge in [-0.1, -0.05) is 11.6 Å². The SMILES string of the molecule is C[C@H]1C[C@@]2(CCN1c1cc(Cl)cc(F)c1C=O)N=C(c1ccc(C(F)(F)F)nc1C1CC1)NC2=O. The highest BCUT2D eigenvalue weighted by atomic mass is 35.5. The summed E-state index contributed by atoms with van der Waals surface area (Å²) in [5.74, 6) is -0.935. The molecule has 3 aliphatic rings. The number of amides is 1. The van der Waals surface area contributed by atoms with Gasteiger partial charge in [-0.25, -0.2) is 9.37 Å². The molecule has 3 heterocycles. The van der Waals surface area contributed by atoms with Gasteiger partial charge in [0.25, 0.3) is 5.91 Å². The first kappa shape index (κ1) is 23.7. The van der Waals surface area contributed by atoms with E-state index in [1.165, 1.54) is 12.1 Å². The highest BCUT2D eigenvalue weighted by Gasteiger charge is 2.49. The molecule has 1 spiro atoms. The molecule has 1 saturated heterocycles. The number of alkyl halides is 3. The van der Waals surface area contributed by atoms with E-state index in [4.69, 9.17) is 11.6 Å². The van der Waals surface area contributed by atoms with Gasteiger partial charge in [0.15, 0.2) is 6.29 Å². The van der Waals surface area contributed by atoms with Gasteiger partial charge in [-0.2, -0.15) is 13.2 Å². The number of aliphatic imine (C=N–C) groups is 1. The van der Waals surface area contributed by atoms with Crippen LogP contribution in [0.25, 0.3) is 0 Å². The van der Waals surface area contributed by atoms with Gasteiger partial charge in [-0.05, 0) is 50.5 Å². The maximum atomic E-state index is 14.3. The van der Waals surface area contributed by atoms with E-state index >= 15 is 0 Å². The molecule has 1 aliphatic carbocycles. The molecule has 0 bridgehead atoms. The normalized spacial score (nSPS) is 24.5. The van der Waals surface area contributed by atoms with Crippen LogP contribution < -0.4 is 10.2 Å². The van der Waals surface area contributed by atoms with Crippen LogP contribution in [0, 0.1) is 5.82 Å². The highest BCUT2D eigenvalue weighted by molar-refractivity contribution is 6.31. The van der Waals surface area contributed by atoms with E-state index in [9.17, 15) is 27.2 Å². The van der Waals surface area contributed by atoms with Gasteiger partial charge in [-0.15, -0.1) is 0 Å². The molecule has 2 aliphatic heterocycles. The molecule has 0 radical (unpaired) electrons. The van der Waals surface area contributed by atoms with Crippen LogP contribution in [0.5, 0.6) is 0 Å². The zero-order valence-electron chi connectivity index (χ0n) is 18.6. The molecule has 2 fully saturated rings. The summed E-state index contributed by atoms with van der Waals surface area (Å²) in [5, 5.41) is 2.91. The summed E-state index contributed by atoms with van der Waals surface area (Å²) >= 11 is 6.02. The number of aldehydes is 1. The van der Waals surface area contributed by atoms with Crippen molar-refractivity contribution in [3.8, 4) is 0 Å². The lowest BCUT2D eigenvalue weighted by Crippen LogP contribution is -2.53. The zero-order valence-corrected chi connectivity index (χ0v) is 19.4. The predicted molar refractivity (Wildman–Crippen MR) is 121 cm³/mol. The second kappa shape index (κ2) is 8.29. The Morgan fingerprint density at radius 1 is 1.26 bits per heavy atom. The minimum absolute atomic E-state index is 0.0938. The number of hydrogen-bond acceptors (Lipinski definition) is 5. The molecule has 5 rings (SSSR count). The number of carbonyl (C=O) groups is 2. The van der Waals surface area contributed by atoms with Crippen LogP contribution >= 0.6 is 11.6 Å². The molecule has 35 heavy (non-hydrogen) atoms. The third kappa shape index (κ3) is 4.17. The molecule has 1 saturated carbocycles. The number of anilines is 1. The summed E-state index contributed by atoms with van der Waals surface area (Å²) in [5.41, 5.74) is -1.15. The Labute approximate surface area is 203 Å². The number of rotatable bonds is 4. The summed E-state index contributed by atoms with van der Waals surface area (Å²) in [7, 11) is 0. The van der Waals surface area contributed by atoms with Crippen LogP contribution in [-0.4, -0.2) is 41.1 Å². The standard InChI is InChI=1S/C24H21ClF4N4O2/c1-12-10-23(6-7-33(12)18-9-14(25)8-17(26)16(18)11-34)22(35)31-21(32-23)15-4-5-19(24(27,28)29)30-20(15)13-2-3-13/h4-5,8-9,11-13H,2-3,6-7,10H2,1H3,(H,31,32,35)/t12-,23+/m0/s1. The quantitative estimate of drug-likeness (QED) is 0.471. The second-order valence-electron chi connectivity index (χ2n) is 9.28. The van der Waals surface area contributed by atoms with E-state index in [1.807, 2.05) is 11.8 Å². The lowest BCUT2D eigenvalue weighted by Gasteiger charge is -2.42. The smallest absolute Gasteiger partial charge is 0.368 e. The van der Waals surface area contributed by atoms with Crippen molar-refractivity contribution < 1.29 is 27.2 Å². The van der Waals surface area contributed by atoms with Gasteiger partial charge in [0.2, 0.25) is 0 Å². The van der Waals surface area contributed by atoms with Gasteiger partial charge in [-0.3, -0.25) is 14.6 Å². The summed E-state index contributed by atoms with van der Waals surface area (Å²) in [4.78, 5) is 35.0. The number of hydrogen-bond donors (Lipinski definition) is 1. The van der Waals surface area contributed by atoms with E-state index in [2.05, 4.69) is 15.3 Å². The molecular weight excluding hydrogens is 488 g/mol. The van der Waals surface area contributed by atoms with Crippen molar-refractivity contribution in [2.24, 2.45) is 4.99 Å². The summed E-state index contributed by atoms with van der Waals surface area (Å²) in [6, 6.07) is 4.51. The molecule has 184 valence electrons. The van der Waals surface area contributed by atoms with Crippen LogP contribution in [0.1, 0.15) is 65.8 Å². The van der Waals surface area contributed by atoms with Crippen LogP contribution in [0.2, 0.25) is 5.02 Å². The average molecular weight is 509 g/mol. The van der Waals surface area contributed by atoms with Crippen molar-refractivity contribution in [3.05, 3.63) is 57.6 Å². The van der Waals surface area contributed by atoms with Gasteiger partial charge in [0.1, 0.15) is 22.9 Å². The zero-order chi connectivity index (χ0) is 25.1. The predicted octanol–water partition coefficient (Wildman–Crippen LogP) is 4.89. The van der Waals surface area contributed by atoms with E-state index < -0.39 is 23.2 Å². The monoisotopic (exact) mass is 508 g/mol. The van der Waals surface area contributed by atoms with E-state index in [1.54, 1.807) is 0 Å². The van der Waals surface area contributed by atoms with Crippen LogP contribution in [-0.2, 0) is 11.0 Å². The summed E-state index contributed by atoms with van der Waals surface area (Å²) < 4.78 is 53.9. The third-order valence-electron chi connectivity index (χ3n) is 6.85. The second-order valence-corrected chi connectivity index (χ2v) is 9.72. The fourth-order valence-electron chi connectivity index (χ4n) is 4.96. The number of nitrogens with zero attached hydrogens (tertiary/aromatic N) is 3. The first-order valence-electron chi connectivity index (χ1n) is 11.2. The number of pyridine rings is 1. The minimum Gasteiger partial charge on any atom is -0.368 e. The largest absolute Gasteiger partial charge is 0.433 e. The summed E-state index contributed by atoms with van der Waals surface area (Å²) in [6.07, 6.45) is -2.13. The number of aromatic nitrogens is 1. The number of halogens is 5. The lowest BCUT2D eigenvalue weighted by molar-refractivity contribution is -0.141. The van der Waals surface area contributed by atoms with Crippen molar-refractivity contribution in [1.29, 1.82) is 0 Å². The van der Waals surface area contributed by atoms with Crippen molar-refractivity contribution in [3.63, 3.8) is 0 Å². The number of benzene rings is 1. The molecule has 2 atom stereocenters. The van der Waals surface area contributed by atoms with Crippen molar-refractivity contribution in [2.75, 3.05) is 11.4 Å². The van der Waals surface area contributed by atoms with Gasteiger partial charge in [0, 0.05) is 35.5 Å². The first-order valence-corrected chi connectivity index (χ1v) is 11.6. The molecule has 0 unspecified atom stereocenters. The minimum atomic E-state index is -4.56. The Morgan fingerprint density at radius 2 is 2.00 bits per heavy atom. The molecule has 1 aromatic heterocycles. The van der Waals surface area contributed by atoms with Gasteiger partial charge >= 0.3 is 6.18 Å². The van der Waals surface area contributed by atoms with Gasteiger partial charge in [0.05, 0.1) is 16.9 Å². The van der Waals surface area contributed by atoms with Crippen molar-refractivity contribution >= 4 is 35.3 Å². The molecular formula is C24H21ClF4N4O2. The number of amidine groups is 1. The molecule has 2 aromatic rings. The fraction of sp³-hybridized carbons (Fsp3) is 0.417. The van der Waals surface area contributed by atoms with Crippen LogP contribution in [0.3, 0.4) is 0 Å².